The van der Waals surface area contributed by atoms with Crippen molar-refractivity contribution < 1.29 is 14.5 Å². The zero-order chi connectivity index (χ0) is 16.8. The van der Waals surface area contributed by atoms with E-state index in [1.165, 1.54) is 18.2 Å². The maximum Gasteiger partial charge on any atom is 0.271 e. The Morgan fingerprint density at radius 1 is 1.12 bits per heavy atom. The maximum atomic E-state index is 13.0. The summed E-state index contributed by atoms with van der Waals surface area (Å²) in [7, 11) is 0. The average Bonchev–Trinajstić information content (AvgIpc) is 3.14. The molecule has 2 amide bonds. The Bertz CT molecular complexity index is 826. The number of allylic oxidation sites excluding steroid dienone is 2. The molecule has 2 bridgehead atoms. The third kappa shape index (κ3) is 1.48. The minimum absolute atomic E-state index is 0.117. The van der Waals surface area contributed by atoms with Gasteiger partial charge in [0.1, 0.15) is 0 Å². The van der Waals surface area contributed by atoms with E-state index in [1.807, 2.05) is 0 Å². The molecule has 0 N–H and O–H groups in total. The molecule has 0 radical (unpaired) electrons. The third-order valence-electron chi connectivity index (χ3n) is 6.23. The topological polar surface area (TPSA) is 80.5 Å². The fourth-order valence-corrected chi connectivity index (χ4v) is 5.30. The smallest absolute Gasteiger partial charge is 0.271 e. The van der Waals surface area contributed by atoms with Gasteiger partial charge >= 0.3 is 0 Å². The summed E-state index contributed by atoms with van der Waals surface area (Å²) >= 11 is 6.14. The highest BCUT2D eigenvalue weighted by Gasteiger charge is 2.73. The lowest BCUT2D eigenvalue weighted by Crippen LogP contribution is -2.35. The number of hydrogen-bond donors (Lipinski definition) is 0. The van der Waals surface area contributed by atoms with Crippen LogP contribution in [0.3, 0.4) is 0 Å². The van der Waals surface area contributed by atoms with E-state index in [4.69, 9.17) is 11.6 Å². The molecule has 1 saturated heterocycles. The van der Waals surface area contributed by atoms with Gasteiger partial charge in [-0.25, -0.2) is 4.90 Å². The molecule has 122 valence electrons. The number of carbonyl (C=O) groups is 2. The van der Waals surface area contributed by atoms with Gasteiger partial charge in [-0.2, -0.15) is 0 Å². The Hall–Kier alpha value is -2.21. The molecule has 1 spiro atoms. The number of carbonyl (C=O) groups excluding carboxylic acids is 2. The average molecular weight is 345 g/mol. The van der Waals surface area contributed by atoms with Crippen molar-refractivity contribution in [2.75, 3.05) is 4.90 Å². The summed E-state index contributed by atoms with van der Waals surface area (Å²) in [6, 6.07) is 3.84. The molecule has 1 heterocycles. The number of halogens is 1. The molecule has 1 aromatic carbocycles. The molecule has 4 atom stereocenters. The van der Waals surface area contributed by atoms with Crippen molar-refractivity contribution in [1.82, 2.24) is 0 Å². The van der Waals surface area contributed by atoms with Crippen molar-refractivity contribution >= 4 is 34.8 Å². The number of nitro groups is 1. The highest BCUT2D eigenvalue weighted by atomic mass is 35.5. The highest BCUT2D eigenvalue weighted by Crippen LogP contribution is 2.73. The number of nitrogens with zero attached hydrogens (tertiary/aromatic N) is 2. The fraction of sp³-hybridized carbons (Fsp3) is 0.412. The van der Waals surface area contributed by atoms with E-state index in [0.717, 1.165) is 17.7 Å². The molecular formula is C17H13ClN2O4. The lowest BCUT2D eigenvalue weighted by molar-refractivity contribution is -0.384. The Balaban J connectivity index is 1.59. The van der Waals surface area contributed by atoms with Crippen molar-refractivity contribution in [2.45, 2.75) is 12.8 Å². The molecule has 24 heavy (non-hydrogen) atoms. The molecule has 0 aromatic heterocycles. The molecule has 4 aliphatic rings. The predicted molar refractivity (Wildman–Crippen MR) is 85.4 cm³/mol. The Labute approximate surface area is 142 Å². The van der Waals surface area contributed by atoms with Gasteiger partial charge in [-0.05, 0) is 36.2 Å². The summed E-state index contributed by atoms with van der Waals surface area (Å²) in [5, 5.41) is 11.2. The van der Waals surface area contributed by atoms with Gasteiger partial charge in [0.25, 0.3) is 5.69 Å². The van der Waals surface area contributed by atoms with Crippen LogP contribution in [0.15, 0.2) is 30.4 Å². The molecule has 5 rings (SSSR count). The standard InChI is InChI=1S/C17H13ClN2O4/c18-11-4-1-8(20(23)24)7-12(11)19-15(21)13-9-2-3-10(14(13)16(19)22)17(9)5-6-17/h1-4,7,9-10,13-14H,5-6H2. The van der Waals surface area contributed by atoms with Crippen LogP contribution in [0.2, 0.25) is 5.02 Å². The first-order chi connectivity index (χ1) is 11.5. The zero-order valence-corrected chi connectivity index (χ0v) is 13.3. The van der Waals surface area contributed by atoms with Gasteiger partial charge in [0, 0.05) is 12.1 Å². The van der Waals surface area contributed by atoms with E-state index < -0.39 is 4.92 Å². The molecule has 3 aliphatic carbocycles. The van der Waals surface area contributed by atoms with Gasteiger partial charge in [0.2, 0.25) is 11.8 Å². The van der Waals surface area contributed by atoms with Crippen LogP contribution in [-0.4, -0.2) is 16.7 Å². The number of benzene rings is 1. The highest BCUT2D eigenvalue weighted by molar-refractivity contribution is 6.36. The lowest BCUT2D eigenvalue weighted by Gasteiger charge is -2.22. The van der Waals surface area contributed by atoms with Gasteiger partial charge < -0.3 is 0 Å². The predicted octanol–water partition coefficient (Wildman–Crippen LogP) is 2.95. The number of amides is 2. The van der Waals surface area contributed by atoms with Crippen molar-refractivity contribution in [3.63, 3.8) is 0 Å². The third-order valence-corrected chi connectivity index (χ3v) is 6.55. The summed E-state index contributed by atoms with van der Waals surface area (Å²) in [6.45, 7) is 0. The van der Waals surface area contributed by atoms with Crippen molar-refractivity contribution in [3.8, 4) is 0 Å². The summed E-state index contributed by atoms with van der Waals surface area (Å²) in [5.74, 6) is -0.987. The van der Waals surface area contributed by atoms with Crippen LogP contribution >= 0.6 is 11.6 Å². The van der Waals surface area contributed by atoms with E-state index in [-0.39, 0.29) is 57.3 Å². The van der Waals surface area contributed by atoms with Crippen molar-refractivity contribution in [1.29, 1.82) is 0 Å². The molecule has 2 saturated carbocycles. The van der Waals surface area contributed by atoms with E-state index in [9.17, 15) is 19.7 Å². The molecule has 6 nitrogen and oxygen atoms in total. The normalized spacial score (nSPS) is 34.3. The quantitative estimate of drug-likeness (QED) is 0.357. The van der Waals surface area contributed by atoms with E-state index in [1.54, 1.807) is 0 Å². The van der Waals surface area contributed by atoms with E-state index in [0.29, 0.717) is 0 Å². The number of rotatable bonds is 2. The first kappa shape index (κ1) is 14.2. The van der Waals surface area contributed by atoms with E-state index in [2.05, 4.69) is 12.2 Å². The molecule has 4 unspecified atom stereocenters. The summed E-state index contributed by atoms with van der Waals surface area (Å²) in [5.41, 5.74) is 0.0606. The van der Waals surface area contributed by atoms with Crippen LogP contribution in [0, 0.1) is 39.2 Å². The minimum atomic E-state index is -0.559. The Morgan fingerprint density at radius 3 is 2.21 bits per heavy atom. The van der Waals surface area contributed by atoms with Crippen LogP contribution in [0.25, 0.3) is 0 Å². The van der Waals surface area contributed by atoms with Crippen molar-refractivity contribution in [2.24, 2.45) is 29.1 Å². The monoisotopic (exact) mass is 344 g/mol. The fourth-order valence-electron chi connectivity index (χ4n) is 5.10. The van der Waals surface area contributed by atoms with Crippen LogP contribution in [0.4, 0.5) is 11.4 Å². The zero-order valence-electron chi connectivity index (χ0n) is 12.5. The second kappa shape index (κ2) is 4.25. The van der Waals surface area contributed by atoms with Crippen molar-refractivity contribution in [3.05, 3.63) is 45.5 Å². The molecular weight excluding hydrogens is 332 g/mol. The first-order valence-electron chi connectivity index (χ1n) is 7.96. The Kier molecular flexibility index (Phi) is 2.51. The van der Waals surface area contributed by atoms with E-state index >= 15 is 0 Å². The molecule has 1 aliphatic heterocycles. The van der Waals surface area contributed by atoms with Gasteiger partial charge in [-0.1, -0.05) is 23.8 Å². The second-order valence-electron chi connectivity index (χ2n) is 7.13. The number of anilines is 1. The van der Waals surface area contributed by atoms with Crippen LogP contribution in [0.1, 0.15) is 12.8 Å². The minimum Gasteiger partial charge on any atom is -0.274 e. The summed E-state index contributed by atoms with van der Waals surface area (Å²) in [4.78, 5) is 37.5. The number of imide groups is 1. The number of fused-ring (bicyclic) bond motifs is 3. The number of hydrogen-bond acceptors (Lipinski definition) is 4. The maximum absolute atomic E-state index is 13.0. The van der Waals surface area contributed by atoms with Crippen LogP contribution < -0.4 is 4.90 Å². The second-order valence-corrected chi connectivity index (χ2v) is 7.53. The van der Waals surface area contributed by atoms with Gasteiger partial charge in [0.05, 0.1) is 27.5 Å². The van der Waals surface area contributed by atoms with Gasteiger partial charge in [-0.3, -0.25) is 19.7 Å². The summed E-state index contributed by atoms with van der Waals surface area (Å²) in [6.07, 6.45) is 6.31. The molecule has 1 aromatic rings. The van der Waals surface area contributed by atoms with Crippen LogP contribution in [0.5, 0.6) is 0 Å². The Morgan fingerprint density at radius 2 is 1.71 bits per heavy atom. The number of non-ortho nitro benzene ring substituents is 1. The molecule has 7 heteroatoms. The van der Waals surface area contributed by atoms with Gasteiger partial charge in [-0.15, -0.1) is 0 Å². The van der Waals surface area contributed by atoms with Crippen LogP contribution in [-0.2, 0) is 9.59 Å². The lowest BCUT2D eigenvalue weighted by atomic mass is 9.85. The van der Waals surface area contributed by atoms with Gasteiger partial charge in [0.15, 0.2) is 0 Å². The first-order valence-corrected chi connectivity index (χ1v) is 8.33. The largest absolute Gasteiger partial charge is 0.274 e. The SMILES string of the molecule is O=C1C2C(C(=O)N1c1cc([N+](=O)[O-])ccc1Cl)C1C=CC2C12CC2. The molecule has 3 fully saturated rings. The number of nitro benzene ring substituents is 1. The summed E-state index contributed by atoms with van der Waals surface area (Å²) < 4.78 is 0.